The summed E-state index contributed by atoms with van der Waals surface area (Å²) in [6.07, 6.45) is 8.96. The largest absolute Gasteiger partial charge is 0.463 e. The summed E-state index contributed by atoms with van der Waals surface area (Å²) in [7, 11) is 0. The van der Waals surface area contributed by atoms with Gasteiger partial charge in [-0.2, -0.15) is 0 Å². The van der Waals surface area contributed by atoms with Crippen LogP contribution in [0.3, 0.4) is 0 Å². The fourth-order valence-electron chi connectivity index (χ4n) is 2.44. The van der Waals surface area contributed by atoms with E-state index >= 15 is 0 Å². The van der Waals surface area contributed by atoms with E-state index in [0.29, 0.717) is 6.61 Å². The first-order chi connectivity index (χ1) is 11.5. The minimum absolute atomic E-state index is 0.0223. The second-order valence-electron chi connectivity index (χ2n) is 5.94. The van der Waals surface area contributed by atoms with Crippen LogP contribution in [0, 0.1) is 0 Å². The predicted molar refractivity (Wildman–Crippen MR) is 89.3 cm³/mol. The van der Waals surface area contributed by atoms with E-state index in [4.69, 9.17) is 18.9 Å². The van der Waals surface area contributed by atoms with Crippen molar-refractivity contribution in [1.29, 1.82) is 0 Å². The molecule has 1 aliphatic heterocycles. The summed E-state index contributed by atoms with van der Waals surface area (Å²) in [5, 5.41) is 0. The first-order valence-electron chi connectivity index (χ1n) is 8.79. The van der Waals surface area contributed by atoms with Gasteiger partial charge in [0.25, 0.3) is 0 Å². The molecule has 0 bridgehead atoms. The maximum Gasteiger partial charge on any atom is 0.303 e. The maximum absolute atomic E-state index is 11.1. The Balaban J connectivity index is 2.35. The smallest absolute Gasteiger partial charge is 0.303 e. The molecule has 0 aromatic rings. The van der Waals surface area contributed by atoms with Crippen LogP contribution in [-0.4, -0.2) is 43.7 Å². The van der Waals surface area contributed by atoms with Crippen LogP contribution in [-0.2, 0) is 28.5 Å². The minimum Gasteiger partial charge on any atom is -0.463 e. The molecule has 3 atom stereocenters. The SMILES string of the molecule is CCCCCCCCOC1C=CC(OC(C)=O)C(COC(C)=O)O1. The lowest BCUT2D eigenvalue weighted by Gasteiger charge is -2.31. The summed E-state index contributed by atoms with van der Waals surface area (Å²) in [4.78, 5) is 22.1. The highest BCUT2D eigenvalue weighted by atomic mass is 16.7. The van der Waals surface area contributed by atoms with E-state index in [0.717, 1.165) is 12.8 Å². The van der Waals surface area contributed by atoms with Crippen molar-refractivity contribution in [2.75, 3.05) is 13.2 Å². The van der Waals surface area contributed by atoms with Crippen molar-refractivity contribution >= 4 is 11.9 Å². The van der Waals surface area contributed by atoms with Gasteiger partial charge in [0.15, 0.2) is 6.29 Å². The molecule has 0 N–H and O–H groups in total. The minimum atomic E-state index is -0.573. The Kier molecular flexibility index (Phi) is 10.4. The third kappa shape index (κ3) is 9.03. The van der Waals surface area contributed by atoms with Crippen LogP contribution in [0.25, 0.3) is 0 Å². The van der Waals surface area contributed by atoms with Gasteiger partial charge in [0.2, 0.25) is 0 Å². The molecule has 0 amide bonds. The zero-order valence-electron chi connectivity index (χ0n) is 15.0. The van der Waals surface area contributed by atoms with E-state index in [2.05, 4.69) is 6.92 Å². The Morgan fingerprint density at radius 2 is 1.71 bits per heavy atom. The summed E-state index contributed by atoms with van der Waals surface area (Å²) in [6, 6.07) is 0. The molecule has 6 nitrogen and oxygen atoms in total. The van der Waals surface area contributed by atoms with Crippen molar-refractivity contribution in [3.8, 4) is 0 Å². The van der Waals surface area contributed by atoms with Gasteiger partial charge < -0.3 is 18.9 Å². The molecule has 1 heterocycles. The molecule has 0 saturated heterocycles. The van der Waals surface area contributed by atoms with Crippen molar-refractivity contribution in [2.45, 2.75) is 77.8 Å². The number of unbranched alkanes of at least 4 members (excludes halogenated alkanes) is 5. The van der Waals surface area contributed by atoms with Gasteiger partial charge in [-0.1, -0.05) is 39.0 Å². The monoisotopic (exact) mass is 342 g/mol. The molecule has 0 aromatic heterocycles. The molecule has 24 heavy (non-hydrogen) atoms. The van der Waals surface area contributed by atoms with Gasteiger partial charge in [0.05, 0.1) is 6.61 Å². The van der Waals surface area contributed by atoms with Gasteiger partial charge in [-0.3, -0.25) is 9.59 Å². The molecule has 1 aliphatic rings. The van der Waals surface area contributed by atoms with Gasteiger partial charge >= 0.3 is 11.9 Å². The Morgan fingerprint density at radius 1 is 1.00 bits per heavy atom. The number of carbonyl (C=O) groups is 2. The van der Waals surface area contributed by atoms with Crippen molar-refractivity contribution < 1.29 is 28.5 Å². The van der Waals surface area contributed by atoms with E-state index < -0.39 is 30.4 Å². The van der Waals surface area contributed by atoms with Gasteiger partial charge in [-0.05, 0) is 18.6 Å². The number of rotatable bonds is 11. The molecule has 0 spiro atoms. The van der Waals surface area contributed by atoms with Crippen LogP contribution in [0.5, 0.6) is 0 Å². The van der Waals surface area contributed by atoms with E-state index in [9.17, 15) is 9.59 Å². The van der Waals surface area contributed by atoms with Crippen molar-refractivity contribution in [3.63, 3.8) is 0 Å². The molecule has 0 aliphatic carbocycles. The highest BCUT2D eigenvalue weighted by Crippen LogP contribution is 2.18. The molecular formula is C18H30O6. The quantitative estimate of drug-likeness (QED) is 0.326. The first-order valence-corrected chi connectivity index (χ1v) is 8.79. The van der Waals surface area contributed by atoms with Crippen LogP contribution in [0.15, 0.2) is 12.2 Å². The second-order valence-corrected chi connectivity index (χ2v) is 5.94. The van der Waals surface area contributed by atoms with E-state index in [-0.39, 0.29) is 6.61 Å². The lowest BCUT2D eigenvalue weighted by molar-refractivity contribution is -0.197. The molecule has 3 unspecified atom stereocenters. The second kappa shape index (κ2) is 12.0. The number of hydrogen-bond acceptors (Lipinski definition) is 6. The Labute approximate surface area is 144 Å². The number of hydrogen-bond donors (Lipinski definition) is 0. The molecular weight excluding hydrogens is 312 g/mol. The number of ether oxygens (including phenoxy) is 4. The zero-order chi connectivity index (χ0) is 17.8. The summed E-state index contributed by atoms with van der Waals surface area (Å²) in [6.45, 7) is 5.49. The zero-order valence-corrected chi connectivity index (χ0v) is 15.0. The first kappa shape index (κ1) is 20.6. The van der Waals surface area contributed by atoms with E-state index in [1.807, 2.05) is 0 Å². The van der Waals surface area contributed by atoms with E-state index in [1.54, 1.807) is 12.2 Å². The Hall–Kier alpha value is -1.40. The fourth-order valence-corrected chi connectivity index (χ4v) is 2.44. The van der Waals surface area contributed by atoms with Gasteiger partial charge in [0.1, 0.15) is 18.8 Å². The van der Waals surface area contributed by atoms with Crippen LogP contribution < -0.4 is 0 Å². The number of carbonyl (C=O) groups excluding carboxylic acids is 2. The molecule has 0 saturated carbocycles. The van der Waals surface area contributed by atoms with Crippen LogP contribution in [0.4, 0.5) is 0 Å². The molecule has 0 aromatic carbocycles. The van der Waals surface area contributed by atoms with Crippen molar-refractivity contribution in [3.05, 3.63) is 12.2 Å². The van der Waals surface area contributed by atoms with Gasteiger partial charge in [0, 0.05) is 13.8 Å². The summed E-state index contributed by atoms with van der Waals surface area (Å²) in [5.41, 5.74) is 0. The van der Waals surface area contributed by atoms with Gasteiger partial charge in [-0.15, -0.1) is 0 Å². The van der Waals surface area contributed by atoms with Crippen LogP contribution in [0.2, 0.25) is 0 Å². The molecule has 0 fully saturated rings. The summed E-state index contributed by atoms with van der Waals surface area (Å²) in [5.74, 6) is -0.813. The molecule has 1 rings (SSSR count). The maximum atomic E-state index is 11.1. The van der Waals surface area contributed by atoms with Crippen LogP contribution in [0.1, 0.15) is 59.3 Å². The predicted octanol–water partition coefficient (Wildman–Crippen LogP) is 3.14. The van der Waals surface area contributed by atoms with Crippen LogP contribution >= 0.6 is 0 Å². The lowest BCUT2D eigenvalue weighted by atomic mass is 10.1. The Bertz CT molecular complexity index is 406. The normalized spacial score (nSPS) is 23.0. The molecule has 0 radical (unpaired) electrons. The highest BCUT2D eigenvalue weighted by molar-refractivity contribution is 5.66. The molecule has 6 heteroatoms. The number of esters is 2. The van der Waals surface area contributed by atoms with Crippen molar-refractivity contribution in [1.82, 2.24) is 0 Å². The summed E-state index contributed by atoms with van der Waals surface area (Å²) < 4.78 is 21.6. The topological polar surface area (TPSA) is 71.1 Å². The third-order valence-corrected chi connectivity index (χ3v) is 3.67. The highest BCUT2D eigenvalue weighted by Gasteiger charge is 2.30. The standard InChI is InChI=1S/C18H30O6/c1-4-5-6-7-8-9-12-21-18-11-10-16(23-15(3)20)17(24-18)13-22-14(2)19/h10-11,16-18H,4-9,12-13H2,1-3H3. The Morgan fingerprint density at radius 3 is 2.38 bits per heavy atom. The molecule has 138 valence electrons. The summed E-state index contributed by atoms with van der Waals surface area (Å²) >= 11 is 0. The third-order valence-electron chi connectivity index (χ3n) is 3.67. The lowest BCUT2D eigenvalue weighted by Crippen LogP contribution is -2.42. The fraction of sp³-hybridized carbons (Fsp3) is 0.778. The van der Waals surface area contributed by atoms with Gasteiger partial charge in [-0.25, -0.2) is 0 Å². The van der Waals surface area contributed by atoms with Crippen molar-refractivity contribution in [2.24, 2.45) is 0 Å². The average Bonchev–Trinajstić information content (AvgIpc) is 2.53. The average molecular weight is 342 g/mol. The van der Waals surface area contributed by atoms with E-state index in [1.165, 1.54) is 39.5 Å².